The Hall–Kier alpha value is -3.65. The first kappa shape index (κ1) is 21.4. The van der Waals surface area contributed by atoms with E-state index >= 15 is 0 Å². The minimum Gasteiger partial charge on any atom is -0.343 e. The smallest absolute Gasteiger partial charge is 0.210 e. The zero-order valence-corrected chi connectivity index (χ0v) is 22.2. The molecule has 0 saturated carbocycles. The molecule has 0 fully saturated rings. The van der Waals surface area contributed by atoms with Crippen LogP contribution in [0, 0.1) is 0 Å². The van der Waals surface area contributed by atoms with E-state index in [1.54, 1.807) is 0 Å². The molecule has 2 nitrogen and oxygen atoms in total. The summed E-state index contributed by atoms with van der Waals surface area (Å²) in [6, 6.07) is 27.1. The molecule has 0 unspecified atom stereocenters. The maximum atomic E-state index is 2.62. The molecule has 4 heterocycles. The predicted octanol–water partition coefficient (Wildman–Crippen LogP) is 8.15. The van der Waals surface area contributed by atoms with E-state index in [9.17, 15) is 0 Å². The number of benzene rings is 4. The molecule has 0 atom stereocenters. The highest BCUT2D eigenvalue weighted by atomic mass is 15.2. The molecule has 0 spiro atoms. The minimum atomic E-state index is -0.00753. The lowest BCUT2D eigenvalue weighted by atomic mass is 9.75. The molecule has 0 aliphatic carbocycles. The van der Waals surface area contributed by atoms with E-state index < -0.39 is 0 Å². The molecule has 4 aliphatic rings. The number of nitrogens with zero attached hydrogens (tertiary/aromatic N) is 2. The quantitative estimate of drug-likeness (QED) is 0.249. The first-order valence-corrected chi connectivity index (χ1v) is 13.8. The molecular weight excluding hydrogens is 448 g/mol. The Balaban J connectivity index is 1.29. The normalized spacial score (nSPS) is 21.8. The van der Waals surface area contributed by atoms with Crippen LogP contribution in [0.4, 0.5) is 11.4 Å². The zero-order chi connectivity index (χ0) is 25.1. The zero-order valence-electron chi connectivity index (χ0n) is 22.2. The van der Waals surface area contributed by atoms with Crippen LogP contribution in [0.5, 0.6) is 0 Å². The standard InChI is InChI=1S/C35H33N2/c1-34(2)30-26-11-7-5-9-22(26)13-15-28(30)36-19-17-24(32(34)36)21-25-18-20-37-29-16-14-23-10-6-8-12-27(23)31(29)35(3,4)33(25)37/h5-16,21H,17-20H2,1-4H3/q+1. The summed E-state index contributed by atoms with van der Waals surface area (Å²) >= 11 is 0. The van der Waals surface area contributed by atoms with Gasteiger partial charge < -0.3 is 4.90 Å². The van der Waals surface area contributed by atoms with Crippen LogP contribution in [0.2, 0.25) is 0 Å². The van der Waals surface area contributed by atoms with E-state index in [1.165, 1.54) is 66.6 Å². The van der Waals surface area contributed by atoms with Crippen LogP contribution in [-0.4, -0.2) is 23.4 Å². The monoisotopic (exact) mass is 481 g/mol. The van der Waals surface area contributed by atoms with E-state index in [0.717, 1.165) is 25.9 Å². The van der Waals surface area contributed by atoms with Crippen molar-refractivity contribution in [2.45, 2.75) is 51.4 Å². The first-order valence-electron chi connectivity index (χ1n) is 13.8. The molecule has 0 radical (unpaired) electrons. The molecule has 37 heavy (non-hydrogen) atoms. The first-order chi connectivity index (χ1) is 17.9. The van der Waals surface area contributed by atoms with Crippen molar-refractivity contribution >= 4 is 38.6 Å². The van der Waals surface area contributed by atoms with Crippen molar-refractivity contribution in [3.05, 3.63) is 107 Å². The Labute approximate surface area is 219 Å². The molecule has 0 bridgehead atoms. The topological polar surface area (TPSA) is 6.25 Å². The van der Waals surface area contributed by atoms with Crippen LogP contribution in [-0.2, 0) is 10.8 Å². The van der Waals surface area contributed by atoms with Crippen molar-refractivity contribution < 1.29 is 4.58 Å². The number of allylic oxidation sites excluding steroid dienone is 2. The predicted molar refractivity (Wildman–Crippen MR) is 155 cm³/mol. The highest BCUT2D eigenvalue weighted by molar-refractivity contribution is 6.11. The minimum absolute atomic E-state index is 0.00753. The van der Waals surface area contributed by atoms with Gasteiger partial charge in [0.05, 0.1) is 5.41 Å². The SMILES string of the molecule is CC1(C)C2=C(C=C3CC[N+]4=C3C(C)(C)c3c4ccc4ccccc34)CCN2c2ccc3ccccc3c21. The van der Waals surface area contributed by atoms with E-state index in [-0.39, 0.29) is 10.8 Å². The van der Waals surface area contributed by atoms with Gasteiger partial charge in [0.1, 0.15) is 0 Å². The molecule has 0 aromatic heterocycles. The second kappa shape index (κ2) is 7.01. The number of anilines is 1. The van der Waals surface area contributed by atoms with Crippen molar-refractivity contribution in [3.8, 4) is 0 Å². The summed E-state index contributed by atoms with van der Waals surface area (Å²) in [4.78, 5) is 2.62. The van der Waals surface area contributed by atoms with Crippen molar-refractivity contribution in [2.24, 2.45) is 0 Å². The van der Waals surface area contributed by atoms with E-state index in [1.807, 2.05) is 0 Å². The highest BCUT2D eigenvalue weighted by Gasteiger charge is 2.51. The van der Waals surface area contributed by atoms with Gasteiger partial charge in [0.2, 0.25) is 5.69 Å². The Morgan fingerprint density at radius 1 is 0.730 bits per heavy atom. The fourth-order valence-corrected chi connectivity index (χ4v) is 8.24. The van der Waals surface area contributed by atoms with Crippen LogP contribution in [0.15, 0.2) is 95.7 Å². The number of rotatable bonds is 1. The van der Waals surface area contributed by atoms with Gasteiger partial charge in [0.15, 0.2) is 12.3 Å². The van der Waals surface area contributed by atoms with Gasteiger partial charge in [-0.15, -0.1) is 0 Å². The van der Waals surface area contributed by atoms with Crippen molar-refractivity contribution in [1.29, 1.82) is 0 Å². The van der Waals surface area contributed by atoms with E-state index in [2.05, 4.69) is 116 Å². The molecule has 4 aliphatic heterocycles. The maximum Gasteiger partial charge on any atom is 0.210 e. The largest absolute Gasteiger partial charge is 0.343 e. The summed E-state index contributed by atoms with van der Waals surface area (Å²) in [5.74, 6) is 0. The molecule has 4 aromatic rings. The van der Waals surface area contributed by atoms with Crippen molar-refractivity contribution in [2.75, 3.05) is 18.0 Å². The van der Waals surface area contributed by atoms with Gasteiger partial charge in [-0.05, 0) is 71.2 Å². The summed E-state index contributed by atoms with van der Waals surface area (Å²) in [5.41, 5.74) is 11.9. The Kier molecular flexibility index (Phi) is 4.06. The van der Waals surface area contributed by atoms with Crippen LogP contribution in [0.1, 0.15) is 51.7 Å². The number of fused-ring (bicyclic) bond motifs is 9. The second-order valence-electron chi connectivity index (χ2n) is 12.3. The van der Waals surface area contributed by atoms with Gasteiger partial charge in [0, 0.05) is 47.0 Å². The third-order valence-electron chi connectivity index (χ3n) is 9.54. The van der Waals surface area contributed by atoms with Crippen LogP contribution >= 0.6 is 0 Å². The van der Waals surface area contributed by atoms with Gasteiger partial charge >= 0.3 is 0 Å². The molecule has 8 rings (SSSR count). The summed E-state index contributed by atoms with van der Waals surface area (Å²) in [6.07, 6.45) is 4.84. The van der Waals surface area contributed by atoms with Crippen LogP contribution in [0.3, 0.4) is 0 Å². The fraction of sp³-hybridized carbons (Fsp3) is 0.286. The van der Waals surface area contributed by atoms with Crippen molar-refractivity contribution in [3.63, 3.8) is 0 Å². The lowest BCUT2D eigenvalue weighted by Gasteiger charge is -2.24. The highest BCUT2D eigenvalue weighted by Crippen LogP contribution is 2.55. The van der Waals surface area contributed by atoms with E-state index in [0.29, 0.717) is 0 Å². The average molecular weight is 482 g/mol. The van der Waals surface area contributed by atoms with Crippen molar-refractivity contribution in [1.82, 2.24) is 0 Å². The summed E-state index contributed by atoms with van der Waals surface area (Å²) in [7, 11) is 0. The van der Waals surface area contributed by atoms with Gasteiger partial charge in [-0.2, -0.15) is 4.58 Å². The van der Waals surface area contributed by atoms with E-state index in [4.69, 9.17) is 0 Å². The average Bonchev–Trinajstić information content (AvgIpc) is 3.62. The molecule has 0 N–H and O–H groups in total. The fourth-order valence-electron chi connectivity index (χ4n) is 8.24. The molecule has 2 heteroatoms. The third kappa shape index (κ3) is 2.63. The lowest BCUT2D eigenvalue weighted by Crippen LogP contribution is -2.28. The van der Waals surface area contributed by atoms with Gasteiger partial charge in [0.25, 0.3) is 0 Å². The van der Waals surface area contributed by atoms with Gasteiger partial charge in [-0.25, -0.2) is 0 Å². The summed E-state index contributed by atoms with van der Waals surface area (Å²) in [5, 5.41) is 5.49. The number of hydrogen-bond donors (Lipinski definition) is 0. The summed E-state index contributed by atoms with van der Waals surface area (Å²) < 4.78 is 2.62. The Bertz CT molecular complexity index is 1780. The molecule has 182 valence electrons. The van der Waals surface area contributed by atoms with Crippen LogP contribution in [0.25, 0.3) is 21.5 Å². The van der Waals surface area contributed by atoms with Crippen LogP contribution < -0.4 is 4.90 Å². The maximum absolute atomic E-state index is 2.62. The Morgan fingerprint density at radius 3 is 2.16 bits per heavy atom. The van der Waals surface area contributed by atoms with Gasteiger partial charge in [-0.3, -0.25) is 0 Å². The molecule has 0 amide bonds. The molecular formula is C35H33N2+. The van der Waals surface area contributed by atoms with Gasteiger partial charge in [-0.1, -0.05) is 68.4 Å². The lowest BCUT2D eigenvalue weighted by molar-refractivity contribution is -0.428. The third-order valence-corrected chi connectivity index (χ3v) is 9.54. The second-order valence-corrected chi connectivity index (χ2v) is 12.3. The Morgan fingerprint density at radius 2 is 1.41 bits per heavy atom. The molecule has 4 aromatic carbocycles. The molecule has 0 saturated heterocycles. The summed E-state index contributed by atoms with van der Waals surface area (Å²) in [6.45, 7) is 11.9. The number of hydrogen-bond acceptors (Lipinski definition) is 1.